The summed E-state index contributed by atoms with van der Waals surface area (Å²) in [5, 5.41) is 7.02. The molecule has 0 bridgehead atoms. The highest BCUT2D eigenvalue weighted by molar-refractivity contribution is 4.90. The molecule has 0 aliphatic carbocycles. The highest BCUT2D eigenvalue weighted by atomic mass is 16.5. The summed E-state index contributed by atoms with van der Waals surface area (Å²) in [6.45, 7) is 11.5. The lowest BCUT2D eigenvalue weighted by atomic mass is 9.80. The van der Waals surface area contributed by atoms with E-state index in [0.717, 1.165) is 32.8 Å². The molecule has 1 fully saturated rings. The largest absolute Gasteiger partial charge is 0.380 e. The van der Waals surface area contributed by atoms with Crippen LogP contribution in [0, 0.1) is 5.41 Å². The summed E-state index contributed by atoms with van der Waals surface area (Å²) in [6.07, 6.45) is 1.22. The Bertz CT molecular complexity index is 159. The van der Waals surface area contributed by atoms with Crippen molar-refractivity contribution in [2.75, 3.05) is 32.8 Å². The van der Waals surface area contributed by atoms with Gasteiger partial charge in [0.25, 0.3) is 0 Å². The van der Waals surface area contributed by atoms with Crippen LogP contribution in [0.3, 0.4) is 0 Å². The number of rotatable bonds is 5. The molecule has 0 aromatic heterocycles. The van der Waals surface area contributed by atoms with Crippen molar-refractivity contribution in [1.29, 1.82) is 0 Å². The molecule has 1 aliphatic heterocycles. The molecule has 1 aliphatic rings. The molecule has 0 aromatic rings. The third-order valence-corrected chi connectivity index (χ3v) is 2.97. The molecule has 84 valence electrons. The van der Waals surface area contributed by atoms with Crippen LogP contribution >= 0.6 is 0 Å². The second-order valence-corrected chi connectivity index (χ2v) is 4.66. The Morgan fingerprint density at radius 1 is 1.50 bits per heavy atom. The number of ether oxygens (including phenoxy) is 1. The van der Waals surface area contributed by atoms with Gasteiger partial charge in [-0.3, -0.25) is 0 Å². The van der Waals surface area contributed by atoms with E-state index in [1.807, 2.05) is 6.92 Å². The molecule has 1 rings (SSSR count). The zero-order chi connectivity index (χ0) is 10.4. The van der Waals surface area contributed by atoms with Crippen molar-refractivity contribution in [2.24, 2.45) is 5.41 Å². The summed E-state index contributed by atoms with van der Waals surface area (Å²) in [7, 11) is 0. The Kier molecular flexibility index (Phi) is 4.85. The van der Waals surface area contributed by atoms with Crippen molar-refractivity contribution in [3.05, 3.63) is 0 Å². The van der Waals surface area contributed by atoms with E-state index < -0.39 is 0 Å². The lowest BCUT2D eigenvalue weighted by molar-refractivity contribution is 0.129. The van der Waals surface area contributed by atoms with E-state index in [1.165, 1.54) is 6.42 Å². The van der Waals surface area contributed by atoms with Crippen molar-refractivity contribution in [1.82, 2.24) is 10.6 Å². The molecule has 0 spiro atoms. The summed E-state index contributed by atoms with van der Waals surface area (Å²) in [6, 6.07) is 0.629. The van der Waals surface area contributed by atoms with Gasteiger partial charge >= 0.3 is 0 Å². The Balaban J connectivity index is 2.20. The first-order valence-corrected chi connectivity index (χ1v) is 5.68. The van der Waals surface area contributed by atoms with Gasteiger partial charge in [0.05, 0.1) is 6.61 Å². The Morgan fingerprint density at radius 3 is 2.93 bits per heavy atom. The lowest BCUT2D eigenvalue weighted by Crippen LogP contribution is -2.53. The predicted molar refractivity (Wildman–Crippen MR) is 59.6 cm³/mol. The minimum Gasteiger partial charge on any atom is -0.380 e. The number of hydrogen-bond acceptors (Lipinski definition) is 3. The first-order chi connectivity index (χ1) is 6.67. The van der Waals surface area contributed by atoms with Crippen LogP contribution in [-0.2, 0) is 4.74 Å². The molecule has 0 aromatic carbocycles. The Labute approximate surface area is 87.6 Å². The third-order valence-electron chi connectivity index (χ3n) is 2.97. The molecule has 3 heteroatoms. The summed E-state index contributed by atoms with van der Waals surface area (Å²) >= 11 is 0. The van der Waals surface area contributed by atoms with Crippen LogP contribution in [0.25, 0.3) is 0 Å². The topological polar surface area (TPSA) is 33.3 Å². The van der Waals surface area contributed by atoms with Gasteiger partial charge in [0.15, 0.2) is 0 Å². The standard InChI is InChI=1S/C11H24N2O/c1-4-14-8-7-13-10-5-6-12-9-11(10,2)3/h10,12-13H,4-9H2,1-3H3. The fourth-order valence-corrected chi connectivity index (χ4v) is 2.00. The summed E-state index contributed by atoms with van der Waals surface area (Å²) in [5.41, 5.74) is 0.366. The molecular weight excluding hydrogens is 176 g/mol. The Morgan fingerprint density at radius 2 is 2.29 bits per heavy atom. The molecule has 14 heavy (non-hydrogen) atoms. The maximum Gasteiger partial charge on any atom is 0.0590 e. The van der Waals surface area contributed by atoms with Crippen LogP contribution in [0.5, 0.6) is 0 Å². The van der Waals surface area contributed by atoms with Gasteiger partial charge in [0.2, 0.25) is 0 Å². The quantitative estimate of drug-likeness (QED) is 0.650. The number of nitrogens with one attached hydrogen (secondary N) is 2. The van der Waals surface area contributed by atoms with Crippen LogP contribution in [0.1, 0.15) is 27.2 Å². The van der Waals surface area contributed by atoms with Crippen LogP contribution in [0.2, 0.25) is 0 Å². The van der Waals surface area contributed by atoms with Gasteiger partial charge in [-0.15, -0.1) is 0 Å². The molecule has 0 radical (unpaired) electrons. The maximum absolute atomic E-state index is 5.31. The van der Waals surface area contributed by atoms with Gasteiger partial charge in [0, 0.05) is 25.7 Å². The first kappa shape index (κ1) is 12.0. The fourth-order valence-electron chi connectivity index (χ4n) is 2.00. The average molecular weight is 200 g/mol. The zero-order valence-corrected chi connectivity index (χ0v) is 9.73. The van der Waals surface area contributed by atoms with E-state index in [1.54, 1.807) is 0 Å². The minimum atomic E-state index is 0.366. The van der Waals surface area contributed by atoms with Gasteiger partial charge in [-0.25, -0.2) is 0 Å². The fraction of sp³-hybridized carbons (Fsp3) is 1.00. The van der Waals surface area contributed by atoms with Gasteiger partial charge in [-0.1, -0.05) is 13.8 Å². The molecular formula is C11H24N2O. The van der Waals surface area contributed by atoms with Crippen molar-refractivity contribution in [2.45, 2.75) is 33.2 Å². The van der Waals surface area contributed by atoms with Crippen molar-refractivity contribution in [3.8, 4) is 0 Å². The molecule has 0 amide bonds. The van der Waals surface area contributed by atoms with Gasteiger partial charge in [-0.05, 0) is 25.3 Å². The van der Waals surface area contributed by atoms with E-state index in [9.17, 15) is 0 Å². The van der Waals surface area contributed by atoms with E-state index in [2.05, 4.69) is 24.5 Å². The van der Waals surface area contributed by atoms with Crippen LogP contribution in [0.15, 0.2) is 0 Å². The molecule has 0 saturated carbocycles. The van der Waals surface area contributed by atoms with Gasteiger partial charge in [0.1, 0.15) is 0 Å². The SMILES string of the molecule is CCOCCNC1CCNCC1(C)C. The van der Waals surface area contributed by atoms with Crippen LogP contribution in [0.4, 0.5) is 0 Å². The van der Waals surface area contributed by atoms with E-state index in [4.69, 9.17) is 4.74 Å². The van der Waals surface area contributed by atoms with E-state index in [-0.39, 0.29) is 0 Å². The molecule has 3 nitrogen and oxygen atoms in total. The first-order valence-electron chi connectivity index (χ1n) is 5.68. The molecule has 1 atom stereocenters. The lowest BCUT2D eigenvalue weighted by Gasteiger charge is -2.39. The van der Waals surface area contributed by atoms with E-state index >= 15 is 0 Å². The number of hydrogen-bond donors (Lipinski definition) is 2. The minimum absolute atomic E-state index is 0.366. The number of piperidine rings is 1. The summed E-state index contributed by atoms with van der Waals surface area (Å²) in [5.74, 6) is 0. The molecule has 1 heterocycles. The molecule has 1 saturated heterocycles. The Hall–Kier alpha value is -0.120. The third kappa shape index (κ3) is 3.56. The van der Waals surface area contributed by atoms with Gasteiger partial charge < -0.3 is 15.4 Å². The average Bonchev–Trinajstić information content (AvgIpc) is 2.14. The normalized spacial score (nSPS) is 26.4. The van der Waals surface area contributed by atoms with Crippen LogP contribution < -0.4 is 10.6 Å². The second kappa shape index (κ2) is 5.69. The second-order valence-electron chi connectivity index (χ2n) is 4.66. The highest BCUT2D eigenvalue weighted by Gasteiger charge is 2.31. The van der Waals surface area contributed by atoms with Crippen molar-refractivity contribution >= 4 is 0 Å². The highest BCUT2D eigenvalue weighted by Crippen LogP contribution is 2.24. The molecule has 1 unspecified atom stereocenters. The zero-order valence-electron chi connectivity index (χ0n) is 9.73. The van der Waals surface area contributed by atoms with Crippen LogP contribution in [-0.4, -0.2) is 38.9 Å². The van der Waals surface area contributed by atoms with Crippen molar-refractivity contribution < 1.29 is 4.74 Å². The maximum atomic E-state index is 5.31. The smallest absolute Gasteiger partial charge is 0.0590 e. The van der Waals surface area contributed by atoms with E-state index in [0.29, 0.717) is 11.5 Å². The summed E-state index contributed by atoms with van der Waals surface area (Å²) < 4.78 is 5.31. The summed E-state index contributed by atoms with van der Waals surface area (Å²) in [4.78, 5) is 0. The molecule has 2 N–H and O–H groups in total. The van der Waals surface area contributed by atoms with Gasteiger partial charge in [-0.2, -0.15) is 0 Å². The predicted octanol–water partition coefficient (Wildman–Crippen LogP) is 1.00. The monoisotopic (exact) mass is 200 g/mol. The van der Waals surface area contributed by atoms with Crippen molar-refractivity contribution in [3.63, 3.8) is 0 Å².